The number of aliphatic hydroxyl groups is 1. The number of fused-ring (bicyclic) bond motifs is 1. The van der Waals surface area contributed by atoms with Gasteiger partial charge in [0.2, 0.25) is 0 Å². The first-order chi connectivity index (χ1) is 15.6. The van der Waals surface area contributed by atoms with Gasteiger partial charge in [0.25, 0.3) is 0 Å². The standard InChI is InChI=1S/C27H37NO4S/c1-17-7-6-8-18(2)25(30)19(3)26(31)27(4,5)14-13-24(29)32-22(11-9-17)20-10-12-23-21(15-20)28-16-33-23/h9-10,12,15-16,18-19,22,25,30H,6-8,11,13-14H2,1-5H3/b17-9-/t18-,19+,22?,25?/m0/s1. The number of rotatable bonds is 1. The molecule has 0 spiro atoms. The average Bonchev–Trinajstić information content (AvgIpc) is 3.26. The Bertz CT molecular complexity index is 1010. The van der Waals surface area contributed by atoms with Crippen LogP contribution in [0, 0.1) is 17.3 Å². The van der Waals surface area contributed by atoms with E-state index in [4.69, 9.17) is 4.74 Å². The van der Waals surface area contributed by atoms with Crippen LogP contribution in [0.25, 0.3) is 10.2 Å². The van der Waals surface area contributed by atoms with Crippen molar-refractivity contribution in [2.24, 2.45) is 17.3 Å². The Hall–Kier alpha value is -2.05. The van der Waals surface area contributed by atoms with Crippen molar-refractivity contribution in [3.05, 3.63) is 40.9 Å². The highest BCUT2D eigenvalue weighted by molar-refractivity contribution is 7.16. The Morgan fingerprint density at radius 3 is 2.70 bits per heavy atom. The molecule has 0 bridgehead atoms. The van der Waals surface area contributed by atoms with Crippen LogP contribution in [0.5, 0.6) is 0 Å². The molecule has 2 unspecified atom stereocenters. The second-order valence-corrected chi connectivity index (χ2v) is 11.1. The van der Waals surface area contributed by atoms with Crippen LogP contribution >= 0.6 is 11.3 Å². The zero-order chi connectivity index (χ0) is 24.2. The van der Waals surface area contributed by atoms with Crippen LogP contribution in [0.2, 0.25) is 0 Å². The average molecular weight is 472 g/mol. The van der Waals surface area contributed by atoms with Gasteiger partial charge in [-0.05, 0) is 56.2 Å². The van der Waals surface area contributed by atoms with E-state index in [2.05, 4.69) is 18.0 Å². The summed E-state index contributed by atoms with van der Waals surface area (Å²) in [5.41, 5.74) is 4.20. The number of hydrogen-bond acceptors (Lipinski definition) is 6. The highest BCUT2D eigenvalue weighted by Gasteiger charge is 2.36. The Labute approximate surface area is 201 Å². The molecule has 2 heterocycles. The van der Waals surface area contributed by atoms with Crippen LogP contribution in [-0.4, -0.2) is 27.9 Å². The molecule has 0 aliphatic carbocycles. The zero-order valence-electron chi connectivity index (χ0n) is 20.5. The number of ketones is 1. The molecule has 0 radical (unpaired) electrons. The van der Waals surface area contributed by atoms with Gasteiger partial charge in [0.1, 0.15) is 11.9 Å². The molecule has 4 atom stereocenters. The largest absolute Gasteiger partial charge is 0.457 e. The number of hydrogen-bond donors (Lipinski definition) is 1. The number of Topliss-reactive ketones (excluding diaryl/α,β-unsaturated/α-hetero) is 1. The van der Waals surface area contributed by atoms with Crippen molar-refractivity contribution in [2.45, 2.75) is 85.4 Å². The predicted octanol–water partition coefficient (Wildman–Crippen LogP) is 6.41. The predicted molar refractivity (Wildman–Crippen MR) is 133 cm³/mol. The molecule has 0 fully saturated rings. The molecular formula is C27H37NO4S. The summed E-state index contributed by atoms with van der Waals surface area (Å²) in [6, 6.07) is 6.04. The lowest BCUT2D eigenvalue weighted by Gasteiger charge is -2.31. The minimum atomic E-state index is -0.707. The van der Waals surface area contributed by atoms with Gasteiger partial charge in [0.15, 0.2) is 0 Å². The zero-order valence-corrected chi connectivity index (χ0v) is 21.3. The fourth-order valence-electron chi connectivity index (χ4n) is 4.63. The number of carbonyl (C=O) groups is 2. The summed E-state index contributed by atoms with van der Waals surface area (Å²) < 4.78 is 7.04. The van der Waals surface area contributed by atoms with Crippen molar-refractivity contribution in [1.29, 1.82) is 0 Å². The van der Waals surface area contributed by atoms with Gasteiger partial charge in [-0.3, -0.25) is 9.59 Å². The Morgan fingerprint density at radius 1 is 1.18 bits per heavy atom. The van der Waals surface area contributed by atoms with Crippen LogP contribution < -0.4 is 0 Å². The van der Waals surface area contributed by atoms with Crippen LogP contribution in [0.4, 0.5) is 0 Å². The van der Waals surface area contributed by atoms with Crippen molar-refractivity contribution in [3.8, 4) is 0 Å². The highest BCUT2D eigenvalue weighted by Crippen LogP contribution is 2.33. The first-order valence-corrected chi connectivity index (χ1v) is 12.9. The molecule has 5 nitrogen and oxygen atoms in total. The second kappa shape index (κ2) is 10.9. The Morgan fingerprint density at radius 2 is 1.94 bits per heavy atom. The quantitative estimate of drug-likeness (QED) is 0.384. The maximum absolute atomic E-state index is 13.1. The van der Waals surface area contributed by atoms with E-state index in [0.717, 1.165) is 35.0 Å². The highest BCUT2D eigenvalue weighted by atomic mass is 32.1. The number of esters is 1. The topological polar surface area (TPSA) is 76.5 Å². The van der Waals surface area contributed by atoms with E-state index in [1.165, 1.54) is 5.57 Å². The first kappa shape index (κ1) is 25.6. The lowest BCUT2D eigenvalue weighted by atomic mass is 9.74. The number of thiazole rings is 1. The number of ether oxygens (including phenoxy) is 1. The Kier molecular flexibility index (Phi) is 8.46. The number of carbonyl (C=O) groups excluding carboxylic acids is 2. The molecule has 1 N–H and O–H groups in total. The minimum absolute atomic E-state index is 0.00311. The van der Waals surface area contributed by atoms with E-state index < -0.39 is 17.4 Å². The van der Waals surface area contributed by atoms with Crippen LogP contribution in [-0.2, 0) is 14.3 Å². The molecule has 0 amide bonds. The normalized spacial score (nSPS) is 29.9. The van der Waals surface area contributed by atoms with Crippen molar-refractivity contribution < 1.29 is 19.4 Å². The molecule has 6 heteroatoms. The molecule has 180 valence electrons. The lowest BCUT2D eigenvalue weighted by Crippen LogP contribution is -2.39. The van der Waals surface area contributed by atoms with E-state index >= 15 is 0 Å². The number of aliphatic hydroxyl groups excluding tert-OH is 1. The Balaban J connectivity index is 1.85. The van der Waals surface area contributed by atoms with Crippen molar-refractivity contribution in [1.82, 2.24) is 4.98 Å². The number of allylic oxidation sites excluding steroid dienone is 1. The first-order valence-electron chi connectivity index (χ1n) is 12.0. The molecule has 1 aliphatic rings. The minimum Gasteiger partial charge on any atom is -0.457 e. The third-order valence-corrected chi connectivity index (χ3v) is 7.85. The van der Waals surface area contributed by atoms with Crippen molar-refractivity contribution in [3.63, 3.8) is 0 Å². The third kappa shape index (κ3) is 6.51. The van der Waals surface area contributed by atoms with Crippen LogP contribution in [0.3, 0.4) is 0 Å². The molecular weight excluding hydrogens is 434 g/mol. The maximum Gasteiger partial charge on any atom is 0.306 e. The SMILES string of the molecule is C/C1=C/CC(c2ccc3scnc3c2)OC(=O)CCC(C)(C)C(=O)[C@H](C)C(O)[C@@H](C)CCC1. The van der Waals surface area contributed by atoms with Gasteiger partial charge in [-0.25, -0.2) is 4.98 Å². The molecule has 3 rings (SSSR count). The summed E-state index contributed by atoms with van der Waals surface area (Å²) in [4.78, 5) is 30.4. The van der Waals surface area contributed by atoms with E-state index in [1.807, 2.05) is 51.4 Å². The summed E-state index contributed by atoms with van der Waals surface area (Å²) in [5.74, 6) is -0.724. The molecule has 33 heavy (non-hydrogen) atoms. The molecule has 1 aromatic heterocycles. The van der Waals surface area contributed by atoms with Crippen LogP contribution in [0.1, 0.15) is 84.8 Å². The van der Waals surface area contributed by atoms with E-state index in [-0.39, 0.29) is 30.2 Å². The van der Waals surface area contributed by atoms with Gasteiger partial charge in [-0.15, -0.1) is 11.3 Å². The van der Waals surface area contributed by atoms with Gasteiger partial charge in [-0.2, -0.15) is 0 Å². The van der Waals surface area contributed by atoms with Gasteiger partial charge < -0.3 is 9.84 Å². The summed E-state index contributed by atoms with van der Waals surface area (Å²) in [6.07, 6.45) is 4.98. The molecule has 1 aliphatic heterocycles. The van der Waals surface area contributed by atoms with Crippen LogP contribution in [0.15, 0.2) is 35.4 Å². The molecule has 0 saturated heterocycles. The summed E-state index contributed by atoms with van der Waals surface area (Å²) in [6.45, 7) is 9.65. The van der Waals surface area contributed by atoms with Gasteiger partial charge >= 0.3 is 5.97 Å². The van der Waals surface area contributed by atoms with Crippen molar-refractivity contribution >= 4 is 33.3 Å². The van der Waals surface area contributed by atoms with Gasteiger partial charge in [0.05, 0.1) is 21.8 Å². The third-order valence-electron chi connectivity index (χ3n) is 7.04. The smallest absolute Gasteiger partial charge is 0.306 e. The summed E-state index contributed by atoms with van der Waals surface area (Å²) in [7, 11) is 0. The molecule has 1 aromatic carbocycles. The molecule has 0 saturated carbocycles. The van der Waals surface area contributed by atoms with E-state index in [0.29, 0.717) is 12.8 Å². The van der Waals surface area contributed by atoms with Gasteiger partial charge in [0, 0.05) is 24.2 Å². The second-order valence-electron chi connectivity index (χ2n) is 10.2. The van der Waals surface area contributed by atoms with E-state index in [9.17, 15) is 14.7 Å². The number of nitrogens with zero attached hydrogens (tertiary/aromatic N) is 1. The summed E-state index contributed by atoms with van der Waals surface area (Å²) in [5, 5.41) is 10.8. The fourth-order valence-corrected chi connectivity index (χ4v) is 5.29. The molecule has 2 aromatic rings. The summed E-state index contributed by atoms with van der Waals surface area (Å²) >= 11 is 1.59. The maximum atomic E-state index is 13.1. The van der Waals surface area contributed by atoms with Crippen molar-refractivity contribution in [2.75, 3.05) is 0 Å². The monoisotopic (exact) mass is 471 g/mol. The fraction of sp³-hybridized carbons (Fsp3) is 0.593. The van der Waals surface area contributed by atoms with Gasteiger partial charge in [-0.1, -0.05) is 45.4 Å². The number of cyclic esters (lactones) is 1. The number of benzene rings is 1. The number of aromatic nitrogens is 1. The van der Waals surface area contributed by atoms with E-state index in [1.54, 1.807) is 11.3 Å². The lowest BCUT2D eigenvalue weighted by molar-refractivity contribution is -0.150.